The van der Waals surface area contributed by atoms with Crippen molar-refractivity contribution in [2.75, 3.05) is 37.9 Å². The Balaban J connectivity index is 0.00000280. The van der Waals surface area contributed by atoms with Gasteiger partial charge in [-0.05, 0) is 24.3 Å². The second kappa shape index (κ2) is 10.5. The van der Waals surface area contributed by atoms with E-state index in [9.17, 15) is 8.42 Å². The molecule has 2 aromatic rings. The second-order valence-electron chi connectivity index (χ2n) is 5.97. The average molecular weight is 517 g/mol. The van der Waals surface area contributed by atoms with Crippen LogP contribution in [0.4, 0.5) is 5.69 Å². The lowest BCUT2D eigenvalue weighted by Crippen LogP contribution is -2.34. The van der Waals surface area contributed by atoms with Crippen LogP contribution in [0.25, 0.3) is 0 Å². The molecule has 0 radical (unpaired) electrons. The number of rotatable bonds is 5. The van der Waals surface area contributed by atoms with Crippen molar-refractivity contribution in [1.29, 1.82) is 0 Å². The third-order valence-corrected chi connectivity index (χ3v) is 5.73. The van der Waals surface area contributed by atoms with E-state index in [1.807, 2.05) is 18.2 Å². The standard InChI is InChI=1S/C19H23N3O4S.HI/c1-20-19(21-10-13-27(23,24)16-6-3-2-4-7-16)22-15-8-9-17-18(14-15)26-12-5-11-25-17;/h2-4,6-9,14H,5,10-13H2,1H3,(H2,20,21,22);1H. The maximum absolute atomic E-state index is 12.3. The molecule has 0 saturated heterocycles. The smallest absolute Gasteiger partial charge is 0.195 e. The first kappa shape index (κ1) is 22.3. The summed E-state index contributed by atoms with van der Waals surface area (Å²) in [5.41, 5.74) is 0.776. The van der Waals surface area contributed by atoms with Gasteiger partial charge in [0.05, 0.1) is 23.9 Å². The van der Waals surface area contributed by atoms with Crippen LogP contribution >= 0.6 is 24.0 Å². The highest BCUT2D eigenvalue weighted by molar-refractivity contribution is 14.0. The van der Waals surface area contributed by atoms with Crippen molar-refractivity contribution >= 4 is 45.5 Å². The molecule has 0 bridgehead atoms. The number of sulfone groups is 1. The molecule has 0 unspecified atom stereocenters. The maximum atomic E-state index is 12.3. The number of anilines is 1. The van der Waals surface area contributed by atoms with E-state index in [1.165, 1.54) is 0 Å². The SMILES string of the molecule is CN=C(NCCS(=O)(=O)c1ccccc1)Nc1ccc2c(c1)OCCCO2.I. The van der Waals surface area contributed by atoms with Crippen LogP contribution in [0.5, 0.6) is 11.5 Å². The minimum atomic E-state index is -3.33. The molecule has 7 nitrogen and oxygen atoms in total. The largest absolute Gasteiger partial charge is 0.490 e. The lowest BCUT2D eigenvalue weighted by atomic mass is 10.3. The van der Waals surface area contributed by atoms with Crippen LogP contribution in [0.15, 0.2) is 58.4 Å². The molecule has 0 saturated carbocycles. The van der Waals surface area contributed by atoms with Crippen LogP contribution in [0.3, 0.4) is 0 Å². The predicted molar refractivity (Wildman–Crippen MR) is 121 cm³/mol. The van der Waals surface area contributed by atoms with Gasteiger partial charge in [-0.15, -0.1) is 24.0 Å². The number of benzene rings is 2. The van der Waals surface area contributed by atoms with Gasteiger partial charge < -0.3 is 20.1 Å². The lowest BCUT2D eigenvalue weighted by Gasteiger charge is -2.14. The first-order valence-electron chi connectivity index (χ1n) is 8.73. The molecule has 0 aliphatic carbocycles. The zero-order valence-electron chi connectivity index (χ0n) is 15.6. The Labute approximate surface area is 182 Å². The molecule has 0 aromatic heterocycles. The van der Waals surface area contributed by atoms with E-state index >= 15 is 0 Å². The van der Waals surface area contributed by atoms with E-state index in [4.69, 9.17) is 9.47 Å². The Kier molecular flexibility index (Phi) is 8.36. The van der Waals surface area contributed by atoms with Crippen LogP contribution in [0.1, 0.15) is 6.42 Å². The van der Waals surface area contributed by atoms with Gasteiger partial charge in [0.25, 0.3) is 0 Å². The van der Waals surface area contributed by atoms with E-state index < -0.39 is 9.84 Å². The Bertz CT molecular complexity index is 905. The molecular weight excluding hydrogens is 493 g/mol. The minimum absolute atomic E-state index is 0. The van der Waals surface area contributed by atoms with Gasteiger partial charge in [0.15, 0.2) is 27.3 Å². The van der Waals surface area contributed by atoms with Gasteiger partial charge in [0, 0.05) is 31.8 Å². The Morgan fingerprint density at radius 1 is 1.07 bits per heavy atom. The van der Waals surface area contributed by atoms with Gasteiger partial charge in [-0.1, -0.05) is 18.2 Å². The van der Waals surface area contributed by atoms with Gasteiger partial charge in [-0.3, -0.25) is 4.99 Å². The molecule has 0 spiro atoms. The molecule has 0 amide bonds. The predicted octanol–water partition coefficient (Wildman–Crippen LogP) is 2.93. The summed E-state index contributed by atoms with van der Waals surface area (Å²) in [6.45, 7) is 1.49. The monoisotopic (exact) mass is 517 g/mol. The van der Waals surface area contributed by atoms with Crippen LogP contribution in [-0.4, -0.2) is 46.9 Å². The number of hydrogen-bond donors (Lipinski definition) is 2. The number of nitrogens with zero attached hydrogens (tertiary/aromatic N) is 1. The molecule has 0 atom stereocenters. The molecule has 0 fully saturated rings. The average Bonchev–Trinajstić information content (AvgIpc) is 2.92. The number of halogens is 1. The fourth-order valence-electron chi connectivity index (χ4n) is 2.61. The highest BCUT2D eigenvalue weighted by Crippen LogP contribution is 2.32. The summed E-state index contributed by atoms with van der Waals surface area (Å²) in [6, 6.07) is 14.0. The van der Waals surface area contributed by atoms with Gasteiger partial charge in [-0.25, -0.2) is 8.42 Å². The second-order valence-corrected chi connectivity index (χ2v) is 8.08. The molecule has 1 heterocycles. The van der Waals surface area contributed by atoms with Crippen LogP contribution in [0.2, 0.25) is 0 Å². The molecule has 2 N–H and O–H groups in total. The Hall–Kier alpha value is -2.01. The third-order valence-electron chi connectivity index (χ3n) is 4.00. The van der Waals surface area contributed by atoms with Crippen molar-refractivity contribution < 1.29 is 17.9 Å². The van der Waals surface area contributed by atoms with E-state index in [1.54, 1.807) is 37.4 Å². The summed E-state index contributed by atoms with van der Waals surface area (Å²) in [4.78, 5) is 4.45. The van der Waals surface area contributed by atoms with Crippen molar-refractivity contribution in [3.8, 4) is 11.5 Å². The Morgan fingerprint density at radius 3 is 2.50 bits per heavy atom. The highest BCUT2D eigenvalue weighted by Gasteiger charge is 2.14. The number of ether oxygens (including phenoxy) is 2. The van der Waals surface area contributed by atoms with Crippen molar-refractivity contribution in [2.24, 2.45) is 4.99 Å². The molecule has 152 valence electrons. The van der Waals surface area contributed by atoms with Crippen molar-refractivity contribution in [2.45, 2.75) is 11.3 Å². The molecule has 28 heavy (non-hydrogen) atoms. The fourth-order valence-corrected chi connectivity index (χ4v) is 3.78. The summed E-state index contributed by atoms with van der Waals surface area (Å²) in [5.74, 6) is 1.85. The number of nitrogens with one attached hydrogen (secondary N) is 2. The van der Waals surface area contributed by atoms with Crippen molar-refractivity contribution in [1.82, 2.24) is 5.32 Å². The van der Waals surface area contributed by atoms with Crippen molar-refractivity contribution in [3.05, 3.63) is 48.5 Å². The van der Waals surface area contributed by atoms with Gasteiger partial charge in [0.2, 0.25) is 0 Å². The van der Waals surface area contributed by atoms with Crippen LogP contribution in [-0.2, 0) is 9.84 Å². The highest BCUT2D eigenvalue weighted by atomic mass is 127. The van der Waals surface area contributed by atoms with Gasteiger partial charge in [-0.2, -0.15) is 0 Å². The summed E-state index contributed by atoms with van der Waals surface area (Å²) in [7, 11) is -1.71. The first-order chi connectivity index (χ1) is 13.1. The topological polar surface area (TPSA) is 89.0 Å². The summed E-state index contributed by atoms with van der Waals surface area (Å²) in [5, 5.41) is 6.16. The number of guanidine groups is 1. The molecule has 1 aliphatic rings. The minimum Gasteiger partial charge on any atom is -0.490 e. The Morgan fingerprint density at radius 2 is 1.79 bits per heavy atom. The maximum Gasteiger partial charge on any atom is 0.195 e. The van der Waals surface area contributed by atoms with E-state index in [-0.39, 0.29) is 36.3 Å². The van der Waals surface area contributed by atoms with E-state index in [0.29, 0.717) is 29.8 Å². The van der Waals surface area contributed by atoms with Gasteiger partial charge in [0.1, 0.15) is 0 Å². The molecule has 1 aliphatic heterocycles. The normalized spacial score (nSPS) is 13.8. The third kappa shape index (κ3) is 5.99. The molecular formula is C19H24IN3O4S. The molecule has 3 rings (SSSR count). The van der Waals surface area contributed by atoms with Crippen LogP contribution < -0.4 is 20.1 Å². The van der Waals surface area contributed by atoms with E-state index in [0.717, 1.165) is 17.9 Å². The summed E-state index contributed by atoms with van der Waals surface area (Å²) < 4.78 is 35.9. The lowest BCUT2D eigenvalue weighted by molar-refractivity contribution is 0.297. The molecule has 2 aromatic carbocycles. The van der Waals surface area contributed by atoms with Crippen molar-refractivity contribution in [3.63, 3.8) is 0 Å². The van der Waals surface area contributed by atoms with Gasteiger partial charge >= 0.3 is 0 Å². The number of fused-ring (bicyclic) bond motifs is 1. The number of aliphatic imine (C=N–C) groups is 1. The van der Waals surface area contributed by atoms with E-state index in [2.05, 4.69) is 15.6 Å². The van der Waals surface area contributed by atoms with Crippen LogP contribution in [0, 0.1) is 0 Å². The summed E-state index contributed by atoms with van der Waals surface area (Å²) in [6.07, 6.45) is 0.844. The molecule has 9 heteroatoms. The first-order valence-corrected chi connectivity index (χ1v) is 10.4. The zero-order valence-corrected chi connectivity index (χ0v) is 18.7. The fraction of sp³-hybridized carbons (Fsp3) is 0.316. The quantitative estimate of drug-likeness (QED) is 0.360. The zero-order chi connectivity index (χ0) is 19.1. The summed E-state index contributed by atoms with van der Waals surface area (Å²) >= 11 is 0. The number of hydrogen-bond acceptors (Lipinski definition) is 5.